The van der Waals surface area contributed by atoms with Crippen LogP contribution in [0.4, 0.5) is 0 Å². The second-order valence-corrected chi connectivity index (χ2v) is 5.70. The van der Waals surface area contributed by atoms with E-state index < -0.39 is 0 Å². The smallest absolute Gasteiger partial charge is 0.222 e. The summed E-state index contributed by atoms with van der Waals surface area (Å²) in [5.41, 5.74) is 5.65. The monoisotopic (exact) mass is 258 g/mol. The van der Waals surface area contributed by atoms with Crippen molar-refractivity contribution in [2.75, 3.05) is 20.2 Å². The normalized spacial score (nSPS) is 13.4. The Morgan fingerprint density at radius 3 is 2.56 bits per heavy atom. The van der Waals surface area contributed by atoms with E-state index in [4.69, 9.17) is 10.5 Å². The van der Waals surface area contributed by atoms with Gasteiger partial charge in [0.05, 0.1) is 12.5 Å². The van der Waals surface area contributed by atoms with Crippen LogP contribution in [0.5, 0.6) is 0 Å². The van der Waals surface area contributed by atoms with Crippen LogP contribution in [0.25, 0.3) is 0 Å². The number of ether oxygens (including phenoxy) is 1. The SMILES string of the molecule is CCCCCC(C)(C)CNC(=O)CC(CN)OC. The van der Waals surface area contributed by atoms with Gasteiger partial charge in [-0.1, -0.05) is 40.0 Å². The summed E-state index contributed by atoms with van der Waals surface area (Å²) in [4.78, 5) is 11.7. The molecule has 0 heterocycles. The number of methoxy groups -OCH3 is 1. The van der Waals surface area contributed by atoms with E-state index in [0.29, 0.717) is 13.0 Å². The first-order valence-electron chi connectivity index (χ1n) is 6.94. The Hall–Kier alpha value is -0.610. The highest BCUT2D eigenvalue weighted by Crippen LogP contribution is 2.22. The summed E-state index contributed by atoms with van der Waals surface area (Å²) >= 11 is 0. The van der Waals surface area contributed by atoms with Gasteiger partial charge in [0, 0.05) is 20.2 Å². The fraction of sp³-hybridized carbons (Fsp3) is 0.929. The first-order valence-corrected chi connectivity index (χ1v) is 6.94. The van der Waals surface area contributed by atoms with Crippen LogP contribution >= 0.6 is 0 Å². The van der Waals surface area contributed by atoms with E-state index in [2.05, 4.69) is 26.1 Å². The molecule has 3 N–H and O–H groups in total. The lowest BCUT2D eigenvalue weighted by atomic mass is 9.87. The predicted molar refractivity (Wildman–Crippen MR) is 75.4 cm³/mol. The highest BCUT2D eigenvalue weighted by molar-refractivity contribution is 5.76. The molecule has 1 unspecified atom stereocenters. The predicted octanol–water partition coefficient (Wildman–Crippen LogP) is 2.07. The molecule has 0 fully saturated rings. The molecule has 0 aromatic carbocycles. The van der Waals surface area contributed by atoms with E-state index in [1.54, 1.807) is 7.11 Å². The van der Waals surface area contributed by atoms with E-state index in [-0.39, 0.29) is 17.4 Å². The van der Waals surface area contributed by atoms with Gasteiger partial charge in [0.1, 0.15) is 0 Å². The highest BCUT2D eigenvalue weighted by atomic mass is 16.5. The van der Waals surface area contributed by atoms with Crippen LogP contribution in [0, 0.1) is 5.41 Å². The summed E-state index contributed by atoms with van der Waals surface area (Å²) in [6.07, 6.45) is 5.03. The first-order chi connectivity index (χ1) is 8.45. The van der Waals surface area contributed by atoms with Crippen molar-refractivity contribution in [2.24, 2.45) is 11.1 Å². The molecule has 0 spiro atoms. The maximum absolute atomic E-state index is 11.7. The zero-order chi connectivity index (χ0) is 14.0. The van der Waals surface area contributed by atoms with Crippen LogP contribution in [-0.4, -0.2) is 32.2 Å². The molecule has 1 atom stereocenters. The van der Waals surface area contributed by atoms with Crippen molar-refractivity contribution in [1.29, 1.82) is 0 Å². The Labute approximate surface area is 112 Å². The lowest BCUT2D eigenvalue weighted by Gasteiger charge is -2.25. The number of amides is 1. The number of nitrogens with two attached hydrogens (primary N) is 1. The molecule has 0 aliphatic carbocycles. The third-order valence-electron chi connectivity index (χ3n) is 3.23. The van der Waals surface area contributed by atoms with Gasteiger partial charge in [-0.25, -0.2) is 0 Å². The molecule has 4 nitrogen and oxygen atoms in total. The molecule has 0 saturated heterocycles. The number of carbonyl (C=O) groups excluding carboxylic acids is 1. The van der Waals surface area contributed by atoms with E-state index in [9.17, 15) is 4.79 Å². The fourth-order valence-electron chi connectivity index (χ4n) is 1.82. The molecule has 4 heteroatoms. The standard InChI is InChI=1S/C14H30N2O2/c1-5-6-7-8-14(2,3)11-16-13(17)9-12(10-15)18-4/h12H,5-11,15H2,1-4H3,(H,16,17). The van der Waals surface area contributed by atoms with Crippen LogP contribution in [0.1, 0.15) is 52.9 Å². The summed E-state index contributed by atoms with van der Waals surface area (Å²) in [6.45, 7) is 7.69. The number of unbranched alkanes of at least 4 members (excludes halogenated alkanes) is 2. The number of rotatable bonds is 10. The molecule has 0 radical (unpaired) electrons. The lowest BCUT2D eigenvalue weighted by molar-refractivity contribution is -0.123. The molecule has 0 aliphatic heterocycles. The average Bonchev–Trinajstić information content (AvgIpc) is 2.34. The number of hydrogen-bond acceptors (Lipinski definition) is 3. The van der Waals surface area contributed by atoms with Crippen molar-refractivity contribution in [1.82, 2.24) is 5.32 Å². The van der Waals surface area contributed by atoms with Gasteiger partial charge in [-0.15, -0.1) is 0 Å². The fourth-order valence-corrected chi connectivity index (χ4v) is 1.82. The van der Waals surface area contributed by atoms with Crippen LogP contribution in [0.2, 0.25) is 0 Å². The van der Waals surface area contributed by atoms with E-state index in [1.807, 2.05) is 0 Å². The molecule has 0 bridgehead atoms. The van der Waals surface area contributed by atoms with Crippen LogP contribution in [0.3, 0.4) is 0 Å². The lowest BCUT2D eigenvalue weighted by Crippen LogP contribution is -2.37. The Morgan fingerprint density at radius 1 is 1.39 bits per heavy atom. The van der Waals surface area contributed by atoms with Gasteiger partial charge in [0.15, 0.2) is 0 Å². The highest BCUT2D eigenvalue weighted by Gasteiger charge is 2.19. The number of hydrogen-bond donors (Lipinski definition) is 2. The van der Waals surface area contributed by atoms with Crippen LogP contribution < -0.4 is 11.1 Å². The second kappa shape index (κ2) is 9.34. The van der Waals surface area contributed by atoms with Crippen molar-refractivity contribution in [2.45, 2.75) is 59.0 Å². The van der Waals surface area contributed by atoms with Crippen molar-refractivity contribution in [3.63, 3.8) is 0 Å². The third-order valence-corrected chi connectivity index (χ3v) is 3.23. The van der Waals surface area contributed by atoms with Gasteiger partial charge in [-0.05, 0) is 11.8 Å². The summed E-state index contributed by atoms with van der Waals surface area (Å²) in [5.74, 6) is 0.0240. The summed E-state index contributed by atoms with van der Waals surface area (Å²) in [7, 11) is 1.58. The summed E-state index contributed by atoms with van der Waals surface area (Å²) in [6, 6.07) is 0. The molecule has 1 amide bonds. The third kappa shape index (κ3) is 8.48. The molecule has 18 heavy (non-hydrogen) atoms. The molecular formula is C14H30N2O2. The average molecular weight is 258 g/mol. The van der Waals surface area contributed by atoms with E-state index in [1.165, 1.54) is 19.3 Å². The maximum atomic E-state index is 11.7. The summed E-state index contributed by atoms with van der Waals surface area (Å²) in [5, 5.41) is 2.97. The van der Waals surface area contributed by atoms with Gasteiger partial charge in [-0.3, -0.25) is 4.79 Å². The summed E-state index contributed by atoms with van der Waals surface area (Å²) < 4.78 is 5.10. The van der Waals surface area contributed by atoms with Gasteiger partial charge in [0.2, 0.25) is 5.91 Å². The quantitative estimate of drug-likeness (QED) is 0.590. The van der Waals surface area contributed by atoms with E-state index >= 15 is 0 Å². The largest absolute Gasteiger partial charge is 0.380 e. The topological polar surface area (TPSA) is 64.4 Å². The zero-order valence-electron chi connectivity index (χ0n) is 12.4. The van der Waals surface area contributed by atoms with Crippen molar-refractivity contribution in [3.05, 3.63) is 0 Å². The first kappa shape index (κ1) is 17.4. The minimum absolute atomic E-state index is 0.0240. The molecule has 0 saturated carbocycles. The van der Waals surface area contributed by atoms with Gasteiger partial charge < -0.3 is 15.8 Å². The van der Waals surface area contributed by atoms with E-state index in [0.717, 1.165) is 13.0 Å². The molecule has 0 aromatic heterocycles. The van der Waals surface area contributed by atoms with Gasteiger partial charge in [0.25, 0.3) is 0 Å². The van der Waals surface area contributed by atoms with Crippen molar-refractivity contribution >= 4 is 5.91 Å². The Morgan fingerprint density at radius 2 is 2.06 bits per heavy atom. The number of nitrogens with one attached hydrogen (secondary N) is 1. The maximum Gasteiger partial charge on any atom is 0.222 e. The van der Waals surface area contributed by atoms with Crippen LogP contribution in [0.15, 0.2) is 0 Å². The van der Waals surface area contributed by atoms with Gasteiger partial charge in [-0.2, -0.15) is 0 Å². The minimum atomic E-state index is -0.173. The molecule has 108 valence electrons. The van der Waals surface area contributed by atoms with Crippen LogP contribution in [-0.2, 0) is 9.53 Å². The number of carbonyl (C=O) groups is 1. The molecule has 0 aromatic rings. The van der Waals surface area contributed by atoms with Gasteiger partial charge >= 0.3 is 0 Å². The molecule has 0 aliphatic rings. The second-order valence-electron chi connectivity index (χ2n) is 5.70. The Bertz CT molecular complexity index is 226. The molecular weight excluding hydrogens is 228 g/mol. The van der Waals surface area contributed by atoms with Crippen molar-refractivity contribution < 1.29 is 9.53 Å². The Kier molecular flexibility index (Phi) is 9.02. The Balaban J connectivity index is 3.88. The zero-order valence-corrected chi connectivity index (χ0v) is 12.4. The molecule has 0 rings (SSSR count). The minimum Gasteiger partial charge on any atom is -0.380 e. The van der Waals surface area contributed by atoms with Crippen molar-refractivity contribution in [3.8, 4) is 0 Å².